The third-order valence-corrected chi connectivity index (χ3v) is 4.51. The fraction of sp³-hybridized carbons (Fsp3) is 0.250. The highest BCUT2D eigenvalue weighted by molar-refractivity contribution is 9.10. The third-order valence-electron chi connectivity index (χ3n) is 4.07. The molecule has 0 saturated heterocycles. The zero-order valence-electron chi connectivity index (χ0n) is 13.9. The Balaban J connectivity index is 2.17. The fourth-order valence-electron chi connectivity index (χ4n) is 2.73. The number of ether oxygens (including phenoxy) is 1. The van der Waals surface area contributed by atoms with Gasteiger partial charge in [-0.2, -0.15) is 0 Å². The summed E-state index contributed by atoms with van der Waals surface area (Å²) >= 11 is 3.44. The lowest BCUT2D eigenvalue weighted by Gasteiger charge is -2.19. The topological polar surface area (TPSA) is 22.1 Å². The van der Waals surface area contributed by atoms with Gasteiger partial charge in [0.25, 0.3) is 0 Å². The highest BCUT2D eigenvalue weighted by Crippen LogP contribution is 2.35. The maximum atomic E-state index is 5.45. The van der Waals surface area contributed by atoms with Crippen LogP contribution >= 0.6 is 15.9 Å². The molecule has 0 bridgehead atoms. The van der Waals surface area contributed by atoms with Gasteiger partial charge in [-0.1, -0.05) is 45.0 Å². The number of methoxy groups -OCH3 is 1. The molecule has 1 aromatic heterocycles. The number of benzene rings is 2. The number of aromatic nitrogens is 1. The summed E-state index contributed by atoms with van der Waals surface area (Å²) in [5.74, 6) is 0.788. The Morgan fingerprint density at radius 3 is 2.22 bits per heavy atom. The predicted octanol–water partition coefficient (Wildman–Crippen LogP) is 5.97. The summed E-state index contributed by atoms with van der Waals surface area (Å²) < 4.78 is 6.26. The van der Waals surface area contributed by atoms with E-state index < -0.39 is 0 Å². The van der Waals surface area contributed by atoms with Gasteiger partial charge < -0.3 is 4.74 Å². The van der Waals surface area contributed by atoms with Gasteiger partial charge in [-0.3, -0.25) is 0 Å². The molecule has 0 aliphatic heterocycles. The highest BCUT2D eigenvalue weighted by atomic mass is 79.9. The quantitative estimate of drug-likeness (QED) is 0.519. The SMILES string of the molecule is COc1ccc(-c2ccc(C(C)(C)C)cc2)c2ccc(Br)nc12. The second-order valence-electron chi connectivity index (χ2n) is 6.67. The molecule has 2 aromatic carbocycles. The molecule has 0 atom stereocenters. The molecular formula is C20H20BrNO. The molecule has 3 heteroatoms. The maximum Gasteiger partial charge on any atom is 0.145 e. The van der Waals surface area contributed by atoms with Gasteiger partial charge in [0, 0.05) is 5.39 Å². The summed E-state index contributed by atoms with van der Waals surface area (Å²) in [5, 5.41) is 1.09. The minimum atomic E-state index is 0.160. The molecule has 0 spiro atoms. The van der Waals surface area contributed by atoms with Crippen molar-refractivity contribution >= 4 is 26.8 Å². The van der Waals surface area contributed by atoms with Crippen molar-refractivity contribution in [3.63, 3.8) is 0 Å². The molecule has 118 valence electrons. The monoisotopic (exact) mass is 369 g/mol. The van der Waals surface area contributed by atoms with E-state index in [1.165, 1.54) is 16.7 Å². The lowest BCUT2D eigenvalue weighted by atomic mass is 9.86. The van der Waals surface area contributed by atoms with Crippen molar-refractivity contribution in [1.82, 2.24) is 4.98 Å². The van der Waals surface area contributed by atoms with Crippen LogP contribution < -0.4 is 4.74 Å². The molecule has 0 aliphatic carbocycles. The van der Waals surface area contributed by atoms with Crippen molar-refractivity contribution in [2.75, 3.05) is 7.11 Å². The van der Waals surface area contributed by atoms with Crippen molar-refractivity contribution in [3.05, 3.63) is 58.7 Å². The number of rotatable bonds is 2. The normalized spacial score (nSPS) is 11.7. The van der Waals surface area contributed by atoms with Crippen molar-refractivity contribution < 1.29 is 4.74 Å². The van der Waals surface area contributed by atoms with Crippen LogP contribution in [0.1, 0.15) is 26.3 Å². The number of pyridine rings is 1. The smallest absolute Gasteiger partial charge is 0.145 e. The van der Waals surface area contributed by atoms with Crippen LogP contribution in [0.25, 0.3) is 22.0 Å². The summed E-state index contributed by atoms with van der Waals surface area (Å²) in [4.78, 5) is 4.58. The Morgan fingerprint density at radius 1 is 0.913 bits per heavy atom. The minimum absolute atomic E-state index is 0.160. The van der Waals surface area contributed by atoms with Gasteiger partial charge in [0.05, 0.1) is 7.11 Å². The van der Waals surface area contributed by atoms with E-state index in [2.05, 4.69) is 78.1 Å². The summed E-state index contributed by atoms with van der Waals surface area (Å²) in [6, 6.07) is 16.9. The van der Waals surface area contributed by atoms with Gasteiger partial charge in [-0.25, -0.2) is 4.98 Å². The van der Waals surface area contributed by atoms with Gasteiger partial charge in [0.2, 0.25) is 0 Å². The first-order chi connectivity index (χ1) is 10.9. The zero-order chi connectivity index (χ0) is 16.6. The molecule has 1 heterocycles. The van der Waals surface area contributed by atoms with Crippen LogP contribution in [-0.2, 0) is 5.41 Å². The third kappa shape index (κ3) is 3.11. The summed E-state index contributed by atoms with van der Waals surface area (Å²) in [6.45, 7) is 6.69. The van der Waals surface area contributed by atoms with Gasteiger partial charge in [-0.15, -0.1) is 0 Å². The molecule has 0 unspecified atom stereocenters. The van der Waals surface area contributed by atoms with E-state index in [1.807, 2.05) is 12.1 Å². The molecule has 0 saturated carbocycles. The lowest BCUT2D eigenvalue weighted by Crippen LogP contribution is -2.10. The minimum Gasteiger partial charge on any atom is -0.494 e. The molecule has 0 N–H and O–H groups in total. The Bertz CT molecular complexity index is 848. The molecular weight excluding hydrogens is 350 g/mol. The van der Waals surface area contributed by atoms with E-state index in [4.69, 9.17) is 4.74 Å². The number of nitrogens with zero attached hydrogens (tertiary/aromatic N) is 1. The Morgan fingerprint density at radius 2 is 1.61 bits per heavy atom. The number of hydrogen-bond acceptors (Lipinski definition) is 2. The molecule has 3 aromatic rings. The zero-order valence-corrected chi connectivity index (χ0v) is 15.4. The van der Waals surface area contributed by atoms with Crippen molar-refractivity contribution in [1.29, 1.82) is 0 Å². The molecule has 23 heavy (non-hydrogen) atoms. The van der Waals surface area contributed by atoms with E-state index in [-0.39, 0.29) is 5.41 Å². The van der Waals surface area contributed by atoms with Gasteiger partial charge in [-0.05, 0) is 62.3 Å². The van der Waals surface area contributed by atoms with Crippen molar-refractivity contribution in [3.8, 4) is 16.9 Å². The Kier molecular flexibility index (Phi) is 4.15. The second kappa shape index (κ2) is 5.97. The standard InChI is InChI=1S/C20H20BrNO/c1-20(2,3)14-7-5-13(6-8-14)15-9-11-17(23-4)19-16(15)10-12-18(21)22-19/h5-12H,1-4H3. The van der Waals surface area contributed by atoms with E-state index in [1.54, 1.807) is 7.11 Å². The molecule has 3 rings (SSSR count). The van der Waals surface area contributed by atoms with Gasteiger partial charge in [0.15, 0.2) is 0 Å². The van der Waals surface area contributed by atoms with Crippen LogP contribution in [-0.4, -0.2) is 12.1 Å². The fourth-order valence-corrected chi connectivity index (χ4v) is 3.04. The van der Waals surface area contributed by atoms with Crippen LogP contribution in [0.5, 0.6) is 5.75 Å². The Labute approximate surface area is 145 Å². The predicted molar refractivity (Wildman–Crippen MR) is 100 cm³/mol. The van der Waals surface area contributed by atoms with E-state index in [0.29, 0.717) is 0 Å². The average molecular weight is 370 g/mol. The second-order valence-corrected chi connectivity index (χ2v) is 7.49. The molecule has 2 nitrogen and oxygen atoms in total. The van der Waals surface area contributed by atoms with Crippen molar-refractivity contribution in [2.45, 2.75) is 26.2 Å². The van der Waals surface area contributed by atoms with E-state index in [0.717, 1.165) is 21.3 Å². The Hall–Kier alpha value is -1.87. The van der Waals surface area contributed by atoms with Crippen LogP contribution in [0.15, 0.2) is 53.1 Å². The first-order valence-electron chi connectivity index (χ1n) is 7.64. The average Bonchev–Trinajstić information content (AvgIpc) is 2.53. The van der Waals surface area contributed by atoms with Crippen LogP contribution in [0, 0.1) is 0 Å². The van der Waals surface area contributed by atoms with Gasteiger partial charge >= 0.3 is 0 Å². The number of halogens is 1. The number of fused-ring (bicyclic) bond motifs is 1. The maximum absolute atomic E-state index is 5.45. The summed E-state index contributed by atoms with van der Waals surface area (Å²) in [7, 11) is 1.68. The molecule has 0 aliphatic rings. The highest BCUT2D eigenvalue weighted by Gasteiger charge is 2.14. The molecule has 0 amide bonds. The molecule has 0 radical (unpaired) electrons. The first-order valence-corrected chi connectivity index (χ1v) is 8.43. The molecule has 0 fully saturated rings. The van der Waals surface area contributed by atoms with E-state index >= 15 is 0 Å². The summed E-state index contributed by atoms with van der Waals surface area (Å²) in [6.07, 6.45) is 0. The largest absolute Gasteiger partial charge is 0.494 e. The van der Waals surface area contributed by atoms with Crippen LogP contribution in [0.4, 0.5) is 0 Å². The van der Waals surface area contributed by atoms with Crippen LogP contribution in [0.3, 0.4) is 0 Å². The first kappa shape index (κ1) is 16.0. The number of hydrogen-bond donors (Lipinski definition) is 0. The van der Waals surface area contributed by atoms with Crippen LogP contribution in [0.2, 0.25) is 0 Å². The van der Waals surface area contributed by atoms with Crippen molar-refractivity contribution in [2.24, 2.45) is 0 Å². The van der Waals surface area contributed by atoms with Gasteiger partial charge in [0.1, 0.15) is 15.9 Å². The lowest BCUT2D eigenvalue weighted by molar-refractivity contribution is 0.419. The summed E-state index contributed by atoms with van der Waals surface area (Å²) in [5.41, 5.74) is 4.72. The van der Waals surface area contributed by atoms with E-state index in [9.17, 15) is 0 Å².